The fourth-order valence-electron chi connectivity index (χ4n) is 0.282. The third-order valence-corrected chi connectivity index (χ3v) is 0.738. The first kappa shape index (κ1) is 9.14. The quantitative estimate of drug-likeness (QED) is 0.354. The molecule has 0 saturated carbocycles. The molecule has 0 saturated heterocycles. The van der Waals surface area contributed by atoms with E-state index in [1.54, 1.807) is 6.92 Å². The molecule has 0 aromatic carbocycles. The highest BCUT2D eigenvalue weighted by molar-refractivity contribution is 6.26. The summed E-state index contributed by atoms with van der Waals surface area (Å²) < 4.78 is 0. The van der Waals surface area contributed by atoms with Crippen LogP contribution in [0.25, 0.3) is 0 Å². The third kappa shape index (κ3) is 5.28. The van der Waals surface area contributed by atoms with Crippen molar-refractivity contribution in [1.29, 1.82) is 0 Å². The van der Waals surface area contributed by atoms with E-state index in [9.17, 15) is 4.79 Å². The number of carbonyl (C=O) groups excluding carboxylic acids is 1. The van der Waals surface area contributed by atoms with Crippen molar-refractivity contribution in [1.82, 2.24) is 5.43 Å². The molecule has 0 aromatic heterocycles. The van der Waals surface area contributed by atoms with Crippen molar-refractivity contribution in [3.8, 4) is 0 Å². The fourth-order valence-corrected chi connectivity index (χ4v) is 0.282. The van der Waals surface area contributed by atoms with Crippen LogP contribution in [0.4, 0.5) is 0 Å². The van der Waals surface area contributed by atoms with Crippen molar-refractivity contribution in [3.63, 3.8) is 0 Å². The second-order valence-corrected chi connectivity index (χ2v) is 3.23. The molecule has 0 aliphatic heterocycles. The van der Waals surface area contributed by atoms with Crippen molar-refractivity contribution in [2.45, 2.75) is 33.2 Å². The van der Waals surface area contributed by atoms with Gasteiger partial charge in [0.1, 0.15) is 0 Å². The molecular weight excluding hydrogens is 128 g/mol. The molecule has 0 aliphatic carbocycles. The summed E-state index contributed by atoms with van der Waals surface area (Å²) in [6.07, 6.45) is 0.721. The lowest BCUT2D eigenvalue weighted by atomic mass is 10.1. The van der Waals surface area contributed by atoms with Crippen LogP contribution in [0.5, 0.6) is 0 Å². The van der Waals surface area contributed by atoms with Gasteiger partial charge in [-0.3, -0.25) is 4.79 Å². The normalized spacial score (nSPS) is 13.0. The summed E-state index contributed by atoms with van der Waals surface area (Å²) in [5.41, 5.74) is 3.23. The fraction of sp³-hybridized carbons (Fsp3) is 0.714. The lowest BCUT2D eigenvalue weighted by Gasteiger charge is -2.17. The molecule has 10 heavy (non-hydrogen) atoms. The minimum atomic E-state index is -0.0652. The van der Waals surface area contributed by atoms with E-state index in [1.165, 1.54) is 0 Å². The van der Waals surface area contributed by atoms with Crippen LogP contribution >= 0.6 is 0 Å². The minimum absolute atomic E-state index is 0.0652. The summed E-state index contributed by atoms with van der Waals surface area (Å²) in [5.74, 6) is 0. The Kier molecular flexibility index (Phi) is 3.06. The maximum atomic E-state index is 10.1. The molecule has 0 aliphatic rings. The maximum absolute atomic E-state index is 10.1. The summed E-state index contributed by atoms with van der Waals surface area (Å²) >= 11 is 0. The van der Waals surface area contributed by atoms with Gasteiger partial charge < -0.3 is 5.43 Å². The van der Waals surface area contributed by atoms with Crippen LogP contribution in [0, 0.1) is 0 Å². The molecule has 0 aromatic rings. The van der Waals surface area contributed by atoms with E-state index in [2.05, 4.69) is 10.5 Å². The highest BCUT2D eigenvalue weighted by atomic mass is 16.1. The Labute approximate surface area is 61.5 Å². The Bertz CT molecular complexity index is 144. The molecule has 0 bridgehead atoms. The van der Waals surface area contributed by atoms with Crippen molar-refractivity contribution >= 4 is 12.0 Å². The number of carbonyl (C=O) groups is 1. The molecule has 0 atom stereocenters. The molecule has 0 rings (SSSR count). The second-order valence-electron chi connectivity index (χ2n) is 3.23. The summed E-state index contributed by atoms with van der Waals surface area (Å²) in [6.45, 7) is 7.60. The highest BCUT2D eigenvalue weighted by Crippen LogP contribution is 1.97. The monoisotopic (exact) mass is 142 g/mol. The van der Waals surface area contributed by atoms with Crippen molar-refractivity contribution in [2.24, 2.45) is 5.10 Å². The van der Waals surface area contributed by atoms with Crippen molar-refractivity contribution in [2.75, 3.05) is 0 Å². The molecule has 1 N–H and O–H groups in total. The lowest BCUT2D eigenvalue weighted by molar-refractivity contribution is -0.102. The standard InChI is InChI=1S/C7H14N2O/c1-6(5-10)8-9-7(2,3)4/h5,9H,1-4H3/b8-6+. The van der Waals surface area contributed by atoms with E-state index < -0.39 is 0 Å². The SMILES string of the molecule is C/C(C=O)=N\NC(C)(C)C. The number of hydrogen-bond donors (Lipinski definition) is 1. The van der Waals surface area contributed by atoms with E-state index >= 15 is 0 Å². The van der Waals surface area contributed by atoms with E-state index in [0.29, 0.717) is 5.71 Å². The van der Waals surface area contributed by atoms with Gasteiger partial charge in [0.05, 0.1) is 5.71 Å². The van der Waals surface area contributed by atoms with Crippen molar-refractivity contribution in [3.05, 3.63) is 0 Å². The lowest BCUT2D eigenvalue weighted by Crippen LogP contribution is -2.32. The number of hydrogen-bond acceptors (Lipinski definition) is 3. The average molecular weight is 142 g/mol. The van der Waals surface area contributed by atoms with Crippen LogP contribution in [0.1, 0.15) is 27.7 Å². The number of nitrogens with zero attached hydrogens (tertiary/aromatic N) is 1. The summed E-state index contributed by atoms with van der Waals surface area (Å²) in [4.78, 5) is 10.1. The van der Waals surface area contributed by atoms with Gasteiger partial charge in [0, 0.05) is 5.54 Å². The summed E-state index contributed by atoms with van der Waals surface area (Å²) in [6, 6.07) is 0. The largest absolute Gasteiger partial charge is 0.304 e. The van der Waals surface area contributed by atoms with Gasteiger partial charge in [-0.05, 0) is 27.7 Å². The minimum Gasteiger partial charge on any atom is -0.304 e. The average Bonchev–Trinajstić information content (AvgIpc) is 1.81. The number of nitrogens with one attached hydrogen (secondary N) is 1. The van der Waals surface area contributed by atoms with Crippen LogP contribution in [0.3, 0.4) is 0 Å². The van der Waals surface area contributed by atoms with E-state index in [4.69, 9.17) is 0 Å². The van der Waals surface area contributed by atoms with Crippen LogP contribution in [0.2, 0.25) is 0 Å². The van der Waals surface area contributed by atoms with Gasteiger partial charge in [-0.25, -0.2) is 0 Å². The maximum Gasteiger partial charge on any atom is 0.165 e. The Morgan fingerprint density at radius 3 is 2.30 bits per heavy atom. The summed E-state index contributed by atoms with van der Waals surface area (Å²) in [7, 11) is 0. The predicted octanol–water partition coefficient (Wildman–Crippen LogP) is 0.949. The van der Waals surface area contributed by atoms with Gasteiger partial charge in [0.2, 0.25) is 0 Å². The molecule has 58 valence electrons. The molecule has 0 amide bonds. The number of hydrazone groups is 1. The Balaban J connectivity index is 3.84. The zero-order valence-electron chi connectivity index (χ0n) is 6.93. The van der Waals surface area contributed by atoms with E-state index in [0.717, 1.165) is 6.29 Å². The molecule has 3 heteroatoms. The van der Waals surface area contributed by atoms with Gasteiger partial charge in [-0.15, -0.1) is 0 Å². The first-order chi connectivity index (χ1) is 4.45. The van der Waals surface area contributed by atoms with Gasteiger partial charge in [-0.2, -0.15) is 5.10 Å². The topological polar surface area (TPSA) is 41.5 Å². The van der Waals surface area contributed by atoms with Crippen LogP contribution < -0.4 is 5.43 Å². The first-order valence-corrected chi connectivity index (χ1v) is 3.22. The van der Waals surface area contributed by atoms with Gasteiger partial charge >= 0.3 is 0 Å². The summed E-state index contributed by atoms with van der Waals surface area (Å²) in [5, 5.41) is 3.81. The second kappa shape index (κ2) is 3.34. The highest BCUT2D eigenvalue weighted by Gasteiger charge is 2.05. The van der Waals surface area contributed by atoms with Gasteiger partial charge in [-0.1, -0.05) is 0 Å². The first-order valence-electron chi connectivity index (χ1n) is 3.22. The third-order valence-electron chi connectivity index (χ3n) is 0.738. The zero-order chi connectivity index (χ0) is 8.20. The molecule has 0 radical (unpaired) electrons. The Hall–Kier alpha value is -0.860. The molecule has 3 nitrogen and oxygen atoms in total. The molecular formula is C7H14N2O. The van der Waals surface area contributed by atoms with Gasteiger partial charge in [0.25, 0.3) is 0 Å². The van der Waals surface area contributed by atoms with E-state index in [1.807, 2.05) is 20.8 Å². The van der Waals surface area contributed by atoms with Gasteiger partial charge in [0.15, 0.2) is 6.29 Å². The smallest absolute Gasteiger partial charge is 0.165 e. The van der Waals surface area contributed by atoms with E-state index in [-0.39, 0.29) is 5.54 Å². The van der Waals surface area contributed by atoms with Crippen LogP contribution in [-0.4, -0.2) is 17.5 Å². The predicted molar refractivity (Wildman–Crippen MR) is 42.1 cm³/mol. The van der Waals surface area contributed by atoms with Crippen molar-refractivity contribution < 1.29 is 4.79 Å². The number of aldehydes is 1. The molecule has 0 fully saturated rings. The van der Waals surface area contributed by atoms with Crippen LogP contribution in [-0.2, 0) is 4.79 Å². The van der Waals surface area contributed by atoms with Crippen LogP contribution in [0.15, 0.2) is 5.10 Å². The zero-order valence-corrected chi connectivity index (χ0v) is 6.93. The Morgan fingerprint density at radius 2 is 2.00 bits per heavy atom. The molecule has 0 heterocycles. The Morgan fingerprint density at radius 1 is 1.50 bits per heavy atom. The molecule has 0 unspecified atom stereocenters. The number of rotatable bonds is 2. The molecule has 0 spiro atoms.